The fraction of sp³-hybridized carbons (Fsp3) is 0.600. The van der Waals surface area contributed by atoms with Crippen molar-refractivity contribution in [3.8, 4) is 0 Å². The van der Waals surface area contributed by atoms with E-state index in [1.807, 2.05) is 0 Å². The lowest BCUT2D eigenvalue weighted by molar-refractivity contribution is 1.18. The zero-order valence-electron chi connectivity index (χ0n) is 7.90. The number of hydrogen-bond donors (Lipinski definition) is 0. The molecule has 0 aliphatic carbocycles. The van der Waals surface area contributed by atoms with Crippen LogP contribution in [0.3, 0.4) is 0 Å². The fourth-order valence-corrected chi connectivity index (χ4v) is 4.57. The predicted molar refractivity (Wildman–Crippen MR) is 56.7 cm³/mol. The minimum Gasteiger partial charge on any atom is -0.103 e. The highest BCUT2D eigenvalue weighted by Gasteiger charge is 2.24. The summed E-state index contributed by atoms with van der Waals surface area (Å²) in [4.78, 5) is 0. The summed E-state index contributed by atoms with van der Waals surface area (Å²) in [5.74, 6) is 0. The van der Waals surface area contributed by atoms with Gasteiger partial charge in [0, 0.05) is 0 Å². The van der Waals surface area contributed by atoms with Crippen LogP contribution in [0.15, 0.2) is 25.3 Å². The molecule has 0 aromatic heterocycles. The molecule has 0 aromatic carbocycles. The normalized spacial score (nSPS) is 11.1. The van der Waals surface area contributed by atoms with Crippen molar-refractivity contribution in [3.05, 3.63) is 25.3 Å². The van der Waals surface area contributed by atoms with Gasteiger partial charge in [0.15, 0.2) is 0 Å². The number of allylic oxidation sites excluding steroid dienone is 2. The topological polar surface area (TPSA) is 0 Å². The zero-order chi connectivity index (χ0) is 8.74. The Labute approximate surface area is 72.0 Å². The Morgan fingerprint density at radius 1 is 1.00 bits per heavy atom. The average molecular weight is 168 g/mol. The highest BCUT2D eigenvalue weighted by Crippen LogP contribution is 2.25. The molecule has 0 N–H and O–H groups in total. The van der Waals surface area contributed by atoms with Gasteiger partial charge >= 0.3 is 0 Å². The summed E-state index contributed by atoms with van der Waals surface area (Å²) < 4.78 is 0. The minimum atomic E-state index is -0.980. The molecule has 1 heteroatoms. The second-order valence-electron chi connectivity index (χ2n) is 3.19. The molecule has 0 aromatic rings. The van der Waals surface area contributed by atoms with Crippen LogP contribution in [-0.4, -0.2) is 8.07 Å². The summed E-state index contributed by atoms with van der Waals surface area (Å²) in [5, 5.41) is 0. The third kappa shape index (κ3) is 3.06. The predicted octanol–water partition coefficient (Wildman–Crippen LogP) is 3.85. The molecule has 0 fully saturated rings. The van der Waals surface area contributed by atoms with Gasteiger partial charge in [-0.15, -0.1) is 13.2 Å². The Morgan fingerprint density at radius 2 is 1.36 bits per heavy atom. The molecule has 0 amide bonds. The summed E-state index contributed by atoms with van der Waals surface area (Å²) in [6.07, 6.45) is 4.17. The maximum atomic E-state index is 3.82. The van der Waals surface area contributed by atoms with E-state index in [1.165, 1.54) is 24.2 Å². The molecule has 0 nitrogen and oxygen atoms in total. The van der Waals surface area contributed by atoms with Gasteiger partial charge in [0.1, 0.15) is 0 Å². The van der Waals surface area contributed by atoms with Crippen molar-refractivity contribution in [1.29, 1.82) is 0 Å². The van der Waals surface area contributed by atoms with E-state index in [0.717, 1.165) is 0 Å². The zero-order valence-corrected chi connectivity index (χ0v) is 8.90. The summed E-state index contributed by atoms with van der Waals surface area (Å²) in [5.41, 5.74) is 0. The van der Waals surface area contributed by atoms with Crippen LogP contribution in [0, 0.1) is 0 Å². The van der Waals surface area contributed by atoms with E-state index in [2.05, 4.69) is 39.2 Å². The standard InChI is InChI=1S/C10H20Si/c1-5-9-11(7-3,8-4)10-6-2/h5-6H,1-2,7-10H2,3-4H3. The van der Waals surface area contributed by atoms with Crippen molar-refractivity contribution in [2.45, 2.75) is 38.0 Å². The minimum absolute atomic E-state index is 0.980. The van der Waals surface area contributed by atoms with Crippen LogP contribution in [0.1, 0.15) is 13.8 Å². The molecule has 0 saturated carbocycles. The van der Waals surface area contributed by atoms with Gasteiger partial charge in [-0.2, -0.15) is 0 Å². The highest BCUT2D eigenvalue weighted by atomic mass is 28.3. The van der Waals surface area contributed by atoms with E-state index in [4.69, 9.17) is 0 Å². The highest BCUT2D eigenvalue weighted by molar-refractivity contribution is 6.80. The molecule has 0 heterocycles. The third-order valence-electron chi connectivity index (χ3n) is 2.65. The van der Waals surface area contributed by atoms with Crippen LogP contribution >= 0.6 is 0 Å². The van der Waals surface area contributed by atoms with Gasteiger partial charge in [-0.25, -0.2) is 0 Å². The van der Waals surface area contributed by atoms with Crippen molar-refractivity contribution in [2.24, 2.45) is 0 Å². The van der Waals surface area contributed by atoms with Crippen molar-refractivity contribution in [2.75, 3.05) is 0 Å². The Kier molecular flexibility index (Phi) is 5.21. The second-order valence-corrected chi connectivity index (χ2v) is 8.42. The second kappa shape index (κ2) is 5.36. The van der Waals surface area contributed by atoms with E-state index < -0.39 is 8.07 Å². The molecule has 0 spiro atoms. The van der Waals surface area contributed by atoms with Gasteiger partial charge in [0.25, 0.3) is 0 Å². The van der Waals surface area contributed by atoms with Gasteiger partial charge in [-0.1, -0.05) is 38.1 Å². The van der Waals surface area contributed by atoms with Crippen LogP contribution < -0.4 is 0 Å². The van der Waals surface area contributed by atoms with E-state index in [-0.39, 0.29) is 0 Å². The molecule has 0 aliphatic heterocycles. The van der Waals surface area contributed by atoms with Gasteiger partial charge in [0.2, 0.25) is 0 Å². The molecular weight excluding hydrogens is 148 g/mol. The SMILES string of the molecule is C=CC[Si](CC)(CC)CC=C. The van der Waals surface area contributed by atoms with Gasteiger partial charge in [-0.05, 0) is 12.1 Å². The maximum absolute atomic E-state index is 3.82. The first kappa shape index (κ1) is 10.7. The van der Waals surface area contributed by atoms with Crippen LogP contribution in [0.2, 0.25) is 24.2 Å². The fourth-order valence-electron chi connectivity index (χ4n) is 1.52. The maximum Gasteiger partial charge on any atom is 0.0605 e. The summed E-state index contributed by atoms with van der Waals surface area (Å²) in [6.45, 7) is 12.3. The van der Waals surface area contributed by atoms with Crippen molar-refractivity contribution < 1.29 is 0 Å². The average Bonchev–Trinajstić information content (AvgIpc) is 2.04. The van der Waals surface area contributed by atoms with Crippen molar-refractivity contribution in [3.63, 3.8) is 0 Å². The molecule has 0 radical (unpaired) electrons. The summed E-state index contributed by atoms with van der Waals surface area (Å²) in [7, 11) is -0.980. The first-order valence-corrected chi connectivity index (χ1v) is 7.29. The lowest BCUT2D eigenvalue weighted by Gasteiger charge is -2.26. The van der Waals surface area contributed by atoms with E-state index in [9.17, 15) is 0 Å². The molecule has 0 saturated heterocycles. The summed E-state index contributed by atoms with van der Waals surface area (Å²) in [6, 6.07) is 5.24. The molecule has 0 unspecified atom stereocenters. The Hall–Kier alpha value is -0.303. The van der Waals surface area contributed by atoms with Crippen LogP contribution in [-0.2, 0) is 0 Å². The lowest BCUT2D eigenvalue weighted by Crippen LogP contribution is -2.30. The molecule has 64 valence electrons. The number of hydrogen-bond acceptors (Lipinski definition) is 0. The molecule has 0 rings (SSSR count). The molecule has 0 aliphatic rings. The van der Waals surface area contributed by atoms with Gasteiger partial charge in [0.05, 0.1) is 8.07 Å². The third-order valence-corrected chi connectivity index (χ3v) is 7.96. The van der Waals surface area contributed by atoms with Gasteiger partial charge < -0.3 is 0 Å². The van der Waals surface area contributed by atoms with E-state index in [0.29, 0.717) is 0 Å². The monoisotopic (exact) mass is 168 g/mol. The van der Waals surface area contributed by atoms with Crippen molar-refractivity contribution >= 4 is 8.07 Å². The Morgan fingerprint density at radius 3 is 1.55 bits per heavy atom. The van der Waals surface area contributed by atoms with Crippen LogP contribution in [0.5, 0.6) is 0 Å². The largest absolute Gasteiger partial charge is 0.103 e. The van der Waals surface area contributed by atoms with Crippen molar-refractivity contribution in [1.82, 2.24) is 0 Å². The number of rotatable bonds is 6. The molecule has 11 heavy (non-hydrogen) atoms. The van der Waals surface area contributed by atoms with E-state index >= 15 is 0 Å². The molecule has 0 bridgehead atoms. The van der Waals surface area contributed by atoms with E-state index in [1.54, 1.807) is 0 Å². The Balaban J connectivity index is 4.17. The molecular formula is C10H20Si. The van der Waals surface area contributed by atoms with Gasteiger partial charge in [-0.3, -0.25) is 0 Å². The smallest absolute Gasteiger partial charge is 0.0605 e. The first-order chi connectivity index (χ1) is 5.24. The summed E-state index contributed by atoms with van der Waals surface area (Å²) >= 11 is 0. The quantitative estimate of drug-likeness (QED) is 0.417. The van der Waals surface area contributed by atoms with Crippen LogP contribution in [0.25, 0.3) is 0 Å². The Bertz CT molecular complexity index is 111. The van der Waals surface area contributed by atoms with Crippen LogP contribution in [0.4, 0.5) is 0 Å². The first-order valence-electron chi connectivity index (χ1n) is 4.46. The molecule has 0 atom stereocenters. The lowest BCUT2D eigenvalue weighted by atomic mass is 10.7.